The van der Waals surface area contributed by atoms with E-state index in [-0.39, 0.29) is 12.1 Å². The van der Waals surface area contributed by atoms with E-state index < -0.39 is 0 Å². The van der Waals surface area contributed by atoms with Crippen LogP contribution in [-0.2, 0) is 0 Å². The Morgan fingerprint density at radius 3 is 1.82 bits per heavy atom. The molecule has 0 N–H and O–H groups in total. The van der Waals surface area contributed by atoms with Crippen LogP contribution < -0.4 is 9.64 Å². The van der Waals surface area contributed by atoms with E-state index in [1.807, 2.05) is 42.5 Å². The SMILES string of the molecule is c1ccc(-c2cc(-c3cccc(-c4ccc(N5c6ccccc6C6c7c(c(-c8ccccc8)nc8ccccc78)OC65)cc4)c3)nc(-c3ccccc3)n2)cc1. The van der Waals surface area contributed by atoms with Crippen molar-refractivity contribution in [1.29, 1.82) is 0 Å². The average Bonchev–Trinajstić information content (AvgIpc) is 3.82. The number of hydrogen-bond donors (Lipinski definition) is 0. The maximum atomic E-state index is 7.09. The van der Waals surface area contributed by atoms with Crippen LogP contribution in [0.15, 0.2) is 194 Å². The van der Waals surface area contributed by atoms with Gasteiger partial charge in [-0.2, -0.15) is 0 Å². The summed E-state index contributed by atoms with van der Waals surface area (Å²) in [5.41, 5.74) is 14.7. The Morgan fingerprint density at radius 2 is 1.05 bits per heavy atom. The molecule has 0 bridgehead atoms. The Hall–Kier alpha value is -7.37. The Labute approximate surface area is 325 Å². The quantitative estimate of drug-likeness (QED) is 0.171. The van der Waals surface area contributed by atoms with Gasteiger partial charge in [0.2, 0.25) is 0 Å². The number of para-hydroxylation sites is 2. The third-order valence-corrected chi connectivity index (χ3v) is 11.0. The summed E-state index contributed by atoms with van der Waals surface area (Å²) < 4.78 is 7.09. The molecule has 5 nitrogen and oxygen atoms in total. The van der Waals surface area contributed by atoms with E-state index in [9.17, 15) is 0 Å². The van der Waals surface area contributed by atoms with Crippen LogP contribution in [0.5, 0.6) is 5.75 Å². The van der Waals surface area contributed by atoms with E-state index in [0.717, 1.165) is 78.5 Å². The van der Waals surface area contributed by atoms with Gasteiger partial charge in [0.15, 0.2) is 17.8 Å². The Bertz CT molecular complexity index is 2840. The molecule has 2 aromatic heterocycles. The topological polar surface area (TPSA) is 51.1 Å². The van der Waals surface area contributed by atoms with Crippen molar-refractivity contribution in [2.75, 3.05) is 4.90 Å². The molecule has 0 saturated carbocycles. The number of aromatic nitrogens is 3. The van der Waals surface area contributed by atoms with Gasteiger partial charge in [-0.15, -0.1) is 0 Å². The van der Waals surface area contributed by atoms with Crippen LogP contribution in [0.4, 0.5) is 11.4 Å². The highest BCUT2D eigenvalue weighted by molar-refractivity contribution is 5.93. The van der Waals surface area contributed by atoms with Crippen molar-refractivity contribution < 1.29 is 4.74 Å². The van der Waals surface area contributed by atoms with Gasteiger partial charge in [-0.25, -0.2) is 15.0 Å². The Kier molecular flexibility index (Phi) is 7.56. The van der Waals surface area contributed by atoms with E-state index in [1.165, 1.54) is 11.1 Å². The van der Waals surface area contributed by atoms with Crippen molar-refractivity contribution in [3.05, 3.63) is 205 Å². The summed E-state index contributed by atoms with van der Waals surface area (Å²) in [7, 11) is 0. The number of ether oxygens (including phenoxy) is 1. The Morgan fingerprint density at radius 1 is 0.446 bits per heavy atom. The number of fused-ring (bicyclic) bond motifs is 7. The summed E-state index contributed by atoms with van der Waals surface area (Å²) in [6.07, 6.45) is -0.248. The van der Waals surface area contributed by atoms with E-state index >= 15 is 0 Å². The highest BCUT2D eigenvalue weighted by atomic mass is 16.5. The van der Waals surface area contributed by atoms with Gasteiger partial charge < -0.3 is 9.64 Å². The first-order valence-corrected chi connectivity index (χ1v) is 19.0. The van der Waals surface area contributed by atoms with Crippen LogP contribution in [0.3, 0.4) is 0 Å². The number of nitrogens with zero attached hydrogens (tertiary/aromatic N) is 4. The molecule has 0 fully saturated rings. The number of rotatable bonds is 6. The molecular formula is C51H34N4O. The molecule has 5 heteroatoms. The molecule has 11 rings (SSSR count). The molecule has 0 spiro atoms. The van der Waals surface area contributed by atoms with Gasteiger partial charge in [0.1, 0.15) is 5.69 Å². The zero-order valence-corrected chi connectivity index (χ0v) is 30.3. The summed E-state index contributed by atoms with van der Waals surface area (Å²) in [6.45, 7) is 0. The standard InChI is InChI=1S/C51H34N4O/c1-4-15-34(16-5-1)43-32-44(54-50(53-43)36-19-8-3-9-20-36)38-22-14-21-37(31-38)33-27-29-39(30-28-33)55-45-26-13-11-24-41(45)47-46-40-23-10-12-25-42(40)52-48(49(46)56-51(47)55)35-17-6-2-7-18-35/h1-32,47,51H. The van der Waals surface area contributed by atoms with Crippen molar-refractivity contribution >= 4 is 22.3 Å². The number of pyridine rings is 1. The van der Waals surface area contributed by atoms with Crippen molar-refractivity contribution in [3.63, 3.8) is 0 Å². The first-order valence-electron chi connectivity index (χ1n) is 19.0. The maximum Gasteiger partial charge on any atom is 0.187 e. The molecule has 0 radical (unpaired) electrons. The maximum absolute atomic E-state index is 7.09. The normalized spacial score (nSPS) is 15.2. The lowest BCUT2D eigenvalue weighted by molar-refractivity contribution is 0.234. The lowest BCUT2D eigenvalue weighted by Gasteiger charge is -2.27. The lowest BCUT2D eigenvalue weighted by Crippen LogP contribution is -2.32. The van der Waals surface area contributed by atoms with Gasteiger partial charge in [0.05, 0.1) is 22.8 Å². The highest BCUT2D eigenvalue weighted by Crippen LogP contribution is 2.58. The molecule has 0 aliphatic carbocycles. The molecule has 2 atom stereocenters. The number of anilines is 2. The summed E-state index contributed by atoms with van der Waals surface area (Å²) in [5, 5.41) is 1.14. The Balaban J connectivity index is 0.967. The minimum atomic E-state index is -0.248. The van der Waals surface area contributed by atoms with Crippen molar-refractivity contribution in [2.45, 2.75) is 12.1 Å². The van der Waals surface area contributed by atoms with Crippen molar-refractivity contribution in [2.24, 2.45) is 0 Å². The van der Waals surface area contributed by atoms with Crippen LogP contribution >= 0.6 is 0 Å². The first-order chi connectivity index (χ1) is 27.8. The van der Waals surface area contributed by atoms with Gasteiger partial charge in [-0.1, -0.05) is 158 Å². The molecular weight excluding hydrogens is 685 g/mol. The zero-order valence-electron chi connectivity index (χ0n) is 30.3. The molecule has 4 heterocycles. The fourth-order valence-corrected chi connectivity index (χ4v) is 8.42. The molecule has 2 aliphatic rings. The molecule has 0 saturated heterocycles. The van der Waals surface area contributed by atoms with E-state index in [2.05, 4.69) is 157 Å². The van der Waals surface area contributed by atoms with Crippen molar-refractivity contribution in [3.8, 4) is 62.0 Å². The largest absolute Gasteiger partial charge is 0.467 e. The molecule has 264 valence electrons. The smallest absolute Gasteiger partial charge is 0.187 e. The van der Waals surface area contributed by atoms with Gasteiger partial charge in [0, 0.05) is 44.6 Å². The van der Waals surface area contributed by atoms with E-state index in [1.54, 1.807) is 0 Å². The molecule has 7 aromatic carbocycles. The molecule has 0 amide bonds. The van der Waals surface area contributed by atoms with Crippen LogP contribution in [0, 0.1) is 0 Å². The monoisotopic (exact) mass is 718 g/mol. The minimum Gasteiger partial charge on any atom is -0.467 e. The molecule has 2 aliphatic heterocycles. The summed E-state index contributed by atoms with van der Waals surface area (Å²) in [6, 6.07) is 67.6. The number of benzene rings is 7. The third kappa shape index (κ3) is 5.36. The van der Waals surface area contributed by atoms with Gasteiger partial charge in [0.25, 0.3) is 0 Å². The number of hydrogen-bond acceptors (Lipinski definition) is 5. The van der Waals surface area contributed by atoms with Crippen LogP contribution in [0.1, 0.15) is 17.0 Å². The second kappa shape index (κ2) is 13.2. The predicted molar refractivity (Wildman–Crippen MR) is 226 cm³/mol. The highest BCUT2D eigenvalue weighted by Gasteiger charge is 2.49. The van der Waals surface area contributed by atoms with Crippen LogP contribution in [-0.4, -0.2) is 21.2 Å². The average molecular weight is 719 g/mol. The molecule has 9 aromatic rings. The fourth-order valence-electron chi connectivity index (χ4n) is 8.42. The van der Waals surface area contributed by atoms with Gasteiger partial charge >= 0.3 is 0 Å². The third-order valence-electron chi connectivity index (χ3n) is 11.0. The second-order valence-electron chi connectivity index (χ2n) is 14.3. The van der Waals surface area contributed by atoms with Gasteiger partial charge in [-0.05, 0) is 53.1 Å². The molecule has 2 unspecified atom stereocenters. The van der Waals surface area contributed by atoms with Crippen LogP contribution in [0.2, 0.25) is 0 Å². The minimum absolute atomic E-state index is 0.0299. The summed E-state index contributed by atoms with van der Waals surface area (Å²) >= 11 is 0. The van der Waals surface area contributed by atoms with E-state index in [0.29, 0.717) is 5.82 Å². The first kappa shape index (κ1) is 32.1. The lowest BCUT2D eigenvalue weighted by atomic mass is 9.89. The summed E-state index contributed by atoms with van der Waals surface area (Å²) in [5.74, 6) is 1.60. The van der Waals surface area contributed by atoms with Gasteiger partial charge in [-0.3, -0.25) is 0 Å². The van der Waals surface area contributed by atoms with Crippen LogP contribution in [0.25, 0.3) is 67.2 Å². The van der Waals surface area contributed by atoms with Crippen molar-refractivity contribution in [1.82, 2.24) is 15.0 Å². The summed E-state index contributed by atoms with van der Waals surface area (Å²) in [4.78, 5) is 17.6. The zero-order chi connectivity index (χ0) is 37.0. The van der Waals surface area contributed by atoms with E-state index in [4.69, 9.17) is 19.7 Å². The predicted octanol–water partition coefficient (Wildman–Crippen LogP) is 12.4. The molecule has 56 heavy (non-hydrogen) atoms. The second-order valence-corrected chi connectivity index (χ2v) is 14.3. The fraction of sp³-hybridized carbons (Fsp3) is 0.0392.